The van der Waals surface area contributed by atoms with Gasteiger partial charge in [0.15, 0.2) is 0 Å². The largest absolute Gasteiger partial charge is 0.455 e. The fourth-order valence-electron chi connectivity index (χ4n) is 8.32. The summed E-state index contributed by atoms with van der Waals surface area (Å²) in [5.41, 5.74) is 12.2. The van der Waals surface area contributed by atoms with Gasteiger partial charge in [-0.15, -0.1) is 11.3 Å². The first kappa shape index (κ1) is 31.6. The Morgan fingerprint density at radius 3 is 1.82 bits per heavy atom. The van der Waals surface area contributed by atoms with Crippen molar-refractivity contribution >= 4 is 81.3 Å². The Kier molecular flexibility index (Phi) is 7.39. The fraction of sp³-hybridized carbons (Fsp3) is 0. The zero-order valence-electron chi connectivity index (χ0n) is 29.8. The van der Waals surface area contributed by atoms with E-state index in [0.717, 1.165) is 50.1 Å². The van der Waals surface area contributed by atoms with Crippen LogP contribution in [0.3, 0.4) is 0 Å². The molecule has 0 amide bonds. The molecule has 2 nitrogen and oxygen atoms in total. The molecule has 0 atom stereocenters. The van der Waals surface area contributed by atoms with E-state index in [9.17, 15) is 0 Å². The molecule has 0 fully saturated rings. The Morgan fingerprint density at radius 1 is 0.382 bits per heavy atom. The minimum atomic E-state index is 0.907. The number of furan rings is 1. The van der Waals surface area contributed by atoms with Crippen LogP contribution in [0.25, 0.3) is 86.3 Å². The average molecular weight is 720 g/mol. The molecule has 2 heterocycles. The van der Waals surface area contributed by atoms with Crippen molar-refractivity contribution < 1.29 is 4.42 Å². The highest BCUT2D eigenvalue weighted by Crippen LogP contribution is 2.49. The standard InChI is InChI=1S/C52H33NOS/c1-3-14-34(15-4-1)37-18-11-19-39(32-37)53(38-30-28-36(29-31-38)41-24-12-25-44-43-21-9-10-26-48(43)54-51(41)44)47-33-46-50-40(35-16-5-2-6-17-35)23-13-27-49(50)55-52(46)45-22-8-7-20-42(45)47/h1-33H. The van der Waals surface area contributed by atoms with Crippen LogP contribution in [0.1, 0.15) is 0 Å². The van der Waals surface area contributed by atoms with Crippen LogP contribution in [0.5, 0.6) is 0 Å². The van der Waals surface area contributed by atoms with Gasteiger partial charge in [0.1, 0.15) is 11.2 Å². The van der Waals surface area contributed by atoms with Crippen molar-refractivity contribution in [3.8, 4) is 33.4 Å². The highest BCUT2D eigenvalue weighted by molar-refractivity contribution is 7.26. The molecule has 11 aromatic rings. The number of anilines is 3. The monoisotopic (exact) mass is 719 g/mol. The van der Waals surface area contributed by atoms with E-state index >= 15 is 0 Å². The molecule has 0 aliphatic rings. The van der Waals surface area contributed by atoms with Crippen LogP contribution in [0.4, 0.5) is 17.1 Å². The van der Waals surface area contributed by atoms with Crippen molar-refractivity contribution in [2.75, 3.05) is 4.90 Å². The highest BCUT2D eigenvalue weighted by Gasteiger charge is 2.22. The predicted molar refractivity (Wildman–Crippen MR) is 235 cm³/mol. The molecule has 55 heavy (non-hydrogen) atoms. The molecule has 0 spiro atoms. The Balaban J connectivity index is 1.15. The first-order chi connectivity index (χ1) is 27.3. The maximum Gasteiger partial charge on any atom is 0.143 e. The minimum absolute atomic E-state index is 0.907. The molecule has 0 radical (unpaired) electrons. The summed E-state index contributed by atoms with van der Waals surface area (Å²) in [5.74, 6) is 0. The fourth-order valence-corrected chi connectivity index (χ4v) is 9.57. The molecule has 258 valence electrons. The predicted octanol–water partition coefficient (Wildman–Crippen LogP) is 15.6. The summed E-state index contributed by atoms with van der Waals surface area (Å²) in [6.07, 6.45) is 0. The van der Waals surface area contributed by atoms with Crippen LogP contribution >= 0.6 is 11.3 Å². The first-order valence-electron chi connectivity index (χ1n) is 18.7. The zero-order chi connectivity index (χ0) is 36.3. The van der Waals surface area contributed by atoms with Crippen LogP contribution in [0.15, 0.2) is 205 Å². The van der Waals surface area contributed by atoms with Crippen molar-refractivity contribution in [3.05, 3.63) is 200 Å². The molecular weight excluding hydrogens is 687 g/mol. The van der Waals surface area contributed by atoms with E-state index in [2.05, 4.69) is 193 Å². The molecule has 0 saturated carbocycles. The molecular formula is C52H33NOS. The summed E-state index contributed by atoms with van der Waals surface area (Å²) in [6.45, 7) is 0. The molecule has 0 saturated heterocycles. The van der Waals surface area contributed by atoms with Crippen molar-refractivity contribution in [2.45, 2.75) is 0 Å². The van der Waals surface area contributed by atoms with Crippen LogP contribution in [-0.2, 0) is 0 Å². The van der Waals surface area contributed by atoms with Gasteiger partial charge >= 0.3 is 0 Å². The SMILES string of the molecule is c1ccc(-c2cccc(N(c3ccc(-c4cccc5c4oc4ccccc45)cc3)c3cc4c(sc5cccc(-c6ccccc6)c54)c4ccccc34)c2)cc1. The lowest BCUT2D eigenvalue weighted by atomic mass is 9.96. The lowest BCUT2D eigenvalue weighted by Crippen LogP contribution is -2.10. The summed E-state index contributed by atoms with van der Waals surface area (Å²) in [5, 5.41) is 7.31. The molecule has 9 aromatic carbocycles. The van der Waals surface area contributed by atoms with Gasteiger partial charge in [0, 0.05) is 58.7 Å². The van der Waals surface area contributed by atoms with E-state index in [4.69, 9.17) is 4.42 Å². The van der Waals surface area contributed by atoms with Gasteiger partial charge in [0.25, 0.3) is 0 Å². The number of para-hydroxylation sites is 2. The van der Waals surface area contributed by atoms with Gasteiger partial charge in [0.05, 0.1) is 5.69 Å². The Morgan fingerprint density at radius 2 is 1.00 bits per heavy atom. The quantitative estimate of drug-likeness (QED) is 0.170. The molecule has 0 bridgehead atoms. The van der Waals surface area contributed by atoms with Gasteiger partial charge < -0.3 is 9.32 Å². The second kappa shape index (κ2) is 12.9. The third kappa shape index (κ3) is 5.24. The van der Waals surface area contributed by atoms with Crippen LogP contribution in [0.2, 0.25) is 0 Å². The van der Waals surface area contributed by atoms with Crippen LogP contribution in [0, 0.1) is 0 Å². The normalized spacial score (nSPS) is 11.6. The number of thiophene rings is 1. The second-order valence-corrected chi connectivity index (χ2v) is 15.1. The molecule has 0 aliphatic heterocycles. The second-order valence-electron chi connectivity index (χ2n) is 14.0. The highest BCUT2D eigenvalue weighted by atomic mass is 32.1. The summed E-state index contributed by atoms with van der Waals surface area (Å²) in [7, 11) is 0. The van der Waals surface area contributed by atoms with E-state index in [1.165, 1.54) is 53.2 Å². The number of nitrogens with zero attached hydrogens (tertiary/aromatic N) is 1. The van der Waals surface area contributed by atoms with Gasteiger partial charge in [-0.25, -0.2) is 0 Å². The van der Waals surface area contributed by atoms with Crippen LogP contribution in [-0.4, -0.2) is 0 Å². The van der Waals surface area contributed by atoms with E-state index in [1.807, 2.05) is 23.5 Å². The van der Waals surface area contributed by atoms with Crippen molar-refractivity contribution in [3.63, 3.8) is 0 Å². The molecule has 2 aromatic heterocycles. The topological polar surface area (TPSA) is 16.4 Å². The molecule has 0 unspecified atom stereocenters. The number of fused-ring (bicyclic) bond motifs is 8. The minimum Gasteiger partial charge on any atom is -0.455 e. The van der Waals surface area contributed by atoms with E-state index < -0.39 is 0 Å². The van der Waals surface area contributed by atoms with Gasteiger partial charge in [-0.05, 0) is 70.3 Å². The van der Waals surface area contributed by atoms with Crippen molar-refractivity contribution in [2.24, 2.45) is 0 Å². The summed E-state index contributed by atoms with van der Waals surface area (Å²) in [6, 6.07) is 72.1. The molecule has 0 N–H and O–H groups in total. The molecule has 11 rings (SSSR count). The van der Waals surface area contributed by atoms with E-state index in [0.29, 0.717) is 0 Å². The first-order valence-corrected chi connectivity index (χ1v) is 19.5. The van der Waals surface area contributed by atoms with Gasteiger partial charge in [-0.1, -0.05) is 158 Å². The summed E-state index contributed by atoms with van der Waals surface area (Å²) >= 11 is 1.89. The van der Waals surface area contributed by atoms with Gasteiger partial charge in [0.2, 0.25) is 0 Å². The van der Waals surface area contributed by atoms with Crippen molar-refractivity contribution in [1.82, 2.24) is 0 Å². The zero-order valence-corrected chi connectivity index (χ0v) is 30.6. The van der Waals surface area contributed by atoms with Gasteiger partial charge in [-0.3, -0.25) is 0 Å². The number of rotatable bonds is 6. The number of benzene rings is 9. The average Bonchev–Trinajstić information content (AvgIpc) is 3.84. The number of hydrogen-bond donors (Lipinski definition) is 0. The lowest BCUT2D eigenvalue weighted by Gasteiger charge is -2.28. The third-order valence-corrected chi connectivity index (χ3v) is 12.1. The van der Waals surface area contributed by atoms with E-state index in [-0.39, 0.29) is 0 Å². The Labute approximate surface area is 322 Å². The third-order valence-electron chi connectivity index (χ3n) is 10.9. The lowest BCUT2D eigenvalue weighted by molar-refractivity contribution is 0.670. The van der Waals surface area contributed by atoms with E-state index in [1.54, 1.807) is 0 Å². The maximum absolute atomic E-state index is 6.46. The number of hydrogen-bond acceptors (Lipinski definition) is 3. The Bertz CT molecular complexity index is 3190. The maximum atomic E-state index is 6.46. The van der Waals surface area contributed by atoms with Crippen molar-refractivity contribution in [1.29, 1.82) is 0 Å². The smallest absolute Gasteiger partial charge is 0.143 e. The molecule has 0 aliphatic carbocycles. The van der Waals surface area contributed by atoms with Gasteiger partial charge in [-0.2, -0.15) is 0 Å². The summed E-state index contributed by atoms with van der Waals surface area (Å²) in [4.78, 5) is 2.44. The molecule has 3 heteroatoms. The van der Waals surface area contributed by atoms with Crippen LogP contribution < -0.4 is 4.90 Å². The summed E-state index contributed by atoms with van der Waals surface area (Å²) < 4.78 is 9.06. The Hall–Kier alpha value is -6.94.